The summed E-state index contributed by atoms with van der Waals surface area (Å²) in [5.41, 5.74) is 9.77. The molecule has 0 aliphatic heterocycles. The topological polar surface area (TPSA) is 81.1 Å². The zero-order chi connectivity index (χ0) is 14.1. The second-order valence-corrected chi connectivity index (χ2v) is 4.36. The summed E-state index contributed by atoms with van der Waals surface area (Å²) >= 11 is 0. The number of hydrogen-bond acceptors (Lipinski definition) is 3. The smallest absolute Gasteiger partial charge is 0.251 e. The fourth-order valence-electron chi connectivity index (χ4n) is 1.58. The molecule has 0 unspecified atom stereocenters. The first-order valence-electron chi connectivity index (χ1n) is 6.21. The Morgan fingerprint density at radius 2 is 2.21 bits per heavy atom. The van der Waals surface area contributed by atoms with E-state index >= 15 is 0 Å². The van der Waals surface area contributed by atoms with Gasteiger partial charge in [-0.25, -0.2) is 0 Å². The summed E-state index contributed by atoms with van der Waals surface area (Å²) in [4.78, 5) is 16.5. The lowest BCUT2D eigenvalue weighted by Crippen LogP contribution is -2.24. The predicted molar refractivity (Wildman–Crippen MR) is 76.3 cm³/mol. The summed E-state index contributed by atoms with van der Waals surface area (Å²) in [6.45, 7) is 1.06. The van der Waals surface area contributed by atoms with Gasteiger partial charge in [-0.05, 0) is 36.6 Å². The molecule has 102 valence electrons. The van der Waals surface area contributed by atoms with Crippen LogP contribution in [0.4, 0.5) is 5.69 Å². The molecule has 0 fully saturated rings. The molecule has 0 heterocycles. The van der Waals surface area contributed by atoms with Gasteiger partial charge in [-0.15, -0.1) is 0 Å². The van der Waals surface area contributed by atoms with Crippen LogP contribution in [0.2, 0.25) is 0 Å². The number of hydrogen-bond donors (Lipinski definition) is 1. The Bertz CT molecular complexity index is 466. The largest absolute Gasteiger partial charge is 0.378 e. The number of carbonyl (C=O) groups excluding carboxylic acids is 1. The maximum absolute atomic E-state index is 11.9. The number of rotatable bonds is 7. The molecule has 6 nitrogen and oxygen atoms in total. The van der Waals surface area contributed by atoms with Gasteiger partial charge < -0.3 is 10.2 Å². The summed E-state index contributed by atoms with van der Waals surface area (Å²) < 4.78 is 0. The minimum Gasteiger partial charge on any atom is -0.378 e. The van der Waals surface area contributed by atoms with Gasteiger partial charge in [-0.2, -0.15) is 0 Å². The van der Waals surface area contributed by atoms with Gasteiger partial charge in [0.2, 0.25) is 0 Å². The van der Waals surface area contributed by atoms with Gasteiger partial charge in [-0.3, -0.25) is 4.79 Å². The van der Waals surface area contributed by atoms with Crippen molar-refractivity contribution in [2.24, 2.45) is 5.11 Å². The Balaban J connectivity index is 2.41. The van der Waals surface area contributed by atoms with Crippen molar-refractivity contribution in [2.75, 3.05) is 32.1 Å². The SMILES string of the molecule is CN(C)c1cccc(C(=O)NCCCCN=[N+]=[N-])c1. The fraction of sp³-hybridized carbons (Fsp3) is 0.462. The molecule has 0 saturated heterocycles. The standard InChI is InChI=1S/C13H19N5O/c1-18(2)12-7-5-6-11(10-12)13(19)15-8-3-4-9-16-17-14/h5-7,10H,3-4,8-9H2,1-2H3,(H,15,19). The number of amides is 1. The van der Waals surface area contributed by atoms with Crippen LogP contribution < -0.4 is 10.2 Å². The number of carbonyl (C=O) groups is 1. The quantitative estimate of drug-likeness (QED) is 0.354. The zero-order valence-electron chi connectivity index (χ0n) is 11.3. The van der Waals surface area contributed by atoms with E-state index in [9.17, 15) is 4.79 Å². The summed E-state index contributed by atoms with van der Waals surface area (Å²) in [6, 6.07) is 7.47. The van der Waals surface area contributed by atoms with Crippen molar-refractivity contribution in [2.45, 2.75) is 12.8 Å². The van der Waals surface area contributed by atoms with Gasteiger partial charge in [0.15, 0.2) is 0 Å². The van der Waals surface area contributed by atoms with Crippen molar-refractivity contribution in [1.29, 1.82) is 0 Å². The highest BCUT2D eigenvalue weighted by Gasteiger charge is 2.05. The summed E-state index contributed by atoms with van der Waals surface area (Å²) in [5, 5.41) is 6.29. The van der Waals surface area contributed by atoms with E-state index in [1.165, 1.54) is 0 Å². The number of benzene rings is 1. The molecule has 0 aromatic heterocycles. The third-order valence-electron chi connectivity index (χ3n) is 2.66. The molecule has 0 saturated carbocycles. The molecule has 0 radical (unpaired) electrons. The van der Waals surface area contributed by atoms with E-state index in [2.05, 4.69) is 15.3 Å². The minimum absolute atomic E-state index is 0.0764. The molecule has 19 heavy (non-hydrogen) atoms. The Labute approximate surface area is 113 Å². The molecule has 0 spiro atoms. The second-order valence-electron chi connectivity index (χ2n) is 4.36. The van der Waals surface area contributed by atoms with E-state index in [0.29, 0.717) is 18.7 Å². The Kier molecular flexibility index (Phi) is 6.26. The second kappa shape index (κ2) is 8.00. The van der Waals surface area contributed by atoms with E-state index in [4.69, 9.17) is 5.53 Å². The van der Waals surface area contributed by atoms with Crippen LogP contribution in [0, 0.1) is 0 Å². The van der Waals surface area contributed by atoms with Crippen LogP contribution in [0.5, 0.6) is 0 Å². The van der Waals surface area contributed by atoms with E-state index in [0.717, 1.165) is 18.5 Å². The first-order valence-corrected chi connectivity index (χ1v) is 6.21. The van der Waals surface area contributed by atoms with Gasteiger partial charge in [0.1, 0.15) is 0 Å². The summed E-state index contributed by atoms with van der Waals surface area (Å²) in [6.07, 6.45) is 1.58. The molecule has 1 N–H and O–H groups in total. The number of unbranched alkanes of at least 4 members (excludes halogenated alkanes) is 1. The first kappa shape index (κ1) is 14.9. The highest BCUT2D eigenvalue weighted by Crippen LogP contribution is 2.13. The van der Waals surface area contributed by atoms with Crippen molar-refractivity contribution in [3.63, 3.8) is 0 Å². The number of nitrogens with one attached hydrogen (secondary N) is 1. The molecule has 1 amide bonds. The monoisotopic (exact) mass is 261 g/mol. The average Bonchev–Trinajstić information content (AvgIpc) is 2.42. The van der Waals surface area contributed by atoms with E-state index < -0.39 is 0 Å². The zero-order valence-corrected chi connectivity index (χ0v) is 11.3. The number of anilines is 1. The summed E-state index contributed by atoms with van der Waals surface area (Å²) in [5.74, 6) is -0.0764. The van der Waals surface area contributed by atoms with E-state index in [1.54, 1.807) is 6.07 Å². The molecular formula is C13H19N5O. The molecule has 6 heteroatoms. The Morgan fingerprint density at radius 3 is 2.89 bits per heavy atom. The summed E-state index contributed by atoms with van der Waals surface area (Å²) in [7, 11) is 3.87. The normalized spacial score (nSPS) is 9.58. The number of azide groups is 1. The van der Waals surface area contributed by atoms with Crippen LogP contribution in [-0.4, -0.2) is 33.1 Å². The molecule has 0 aliphatic rings. The third kappa shape index (κ3) is 5.31. The highest BCUT2D eigenvalue weighted by atomic mass is 16.1. The number of nitrogens with zero attached hydrogens (tertiary/aromatic N) is 4. The van der Waals surface area contributed by atoms with E-state index in [1.807, 2.05) is 37.2 Å². The van der Waals surface area contributed by atoms with Crippen LogP contribution in [0.3, 0.4) is 0 Å². The van der Waals surface area contributed by atoms with Gasteiger partial charge in [0.25, 0.3) is 5.91 Å². The van der Waals surface area contributed by atoms with Crippen molar-refractivity contribution in [3.05, 3.63) is 40.3 Å². The molecule has 0 aliphatic carbocycles. The molecular weight excluding hydrogens is 242 g/mol. The van der Waals surface area contributed by atoms with Crippen LogP contribution in [0.15, 0.2) is 29.4 Å². The predicted octanol–water partition coefficient (Wildman–Crippen LogP) is 2.57. The van der Waals surface area contributed by atoms with Crippen molar-refractivity contribution in [1.82, 2.24) is 5.32 Å². The minimum atomic E-state index is -0.0764. The maximum Gasteiger partial charge on any atom is 0.251 e. The van der Waals surface area contributed by atoms with E-state index in [-0.39, 0.29) is 5.91 Å². The van der Waals surface area contributed by atoms with Crippen LogP contribution in [0.25, 0.3) is 10.4 Å². The fourth-order valence-corrected chi connectivity index (χ4v) is 1.58. The van der Waals surface area contributed by atoms with Crippen LogP contribution in [0.1, 0.15) is 23.2 Å². The Hall–Kier alpha value is -2.20. The Morgan fingerprint density at radius 1 is 1.42 bits per heavy atom. The van der Waals surface area contributed by atoms with Crippen LogP contribution >= 0.6 is 0 Å². The van der Waals surface area contributed by atoms with Crippen molar-refractivity contribution in [3.8, 4) is 0 Å². The van der Waals surface area contributed by atoms with Gasteiger partial charge in [0.05, 0.1) is 0 Å². The molecule has 0 atom stereocenters. The molecule has 1 aromatic carbocycles. The molecule has 0 bridgehead atoms. The van der Waals surface area contributed by atoms with Crippen LogP contribution in [-0.2, 0) is 0 Å². The third-order valence-corrected chi connectivity index (χ3v) is 2.66. The van der Waals surface area contributed by atoms with Gasteiger partial charge in [0, 0.05) is 43.3 Å². The maximum atomic E-state index is 11.9. The molecule has 1 aromatic rings. The highest BCUT2D eigenvalue weighted by molar-refractivity contribution is 5.95. The van der Waals surface area contributed by atoms with Crippen molar-refractivity contribution < 1.29 is 4.79 Å². The lowest BCUT2D eigenvalue weighted by Gasteiger charge is -2.13. The lowest BCUT2D eigenvalue weighted by atomic mass is 10.2. The average molecular weight is 261 g/mol. The van der Waals surface area contributed by atoms with Gasteiger partial charge in [-0.1, -0.05) is 11.2 Å². The molecule has 1 rings (SSSR count). The van der Waals surface area contributed by atoms with Crippen molar-refractivity contribution >= 4 is 11.6 Å². The lowest BCUT2D eigenvalue weighted by molar-refractivity contribution is 0.0953. The first-order chi connectivity index (χ1) is 9.15. The van der Waals surface area contributed by atoms with Gasteiger partial charge >= 0.3 is 0 Å².